The molecule has 0 unspecified atom stereocenters. The Morgan fingerprint density at radius 1 is 1.14 bits per heavy atom. The fourth-order valence-electron chi connectivity index (χ4n) is 2.36. The number of rotatable bonds is 7. The quantitative estimate of drug-likeness (QED) is 0.778. The summed E-state index contributed by atoms with van der Waals surface area (Å²) >= 11 is 0. The third-order valence-electron chi connectivity index (χ3n) is 3.40. The van der Waals surface area contributed by atoms with Gasteiger partial charge in [-0.3, -0.25) is 4.90 Å². The van der Waals surface area contributed by atoms with Gasteiger partial charge in [0.15, 0.2) is 12.8 Å². The largest absolute Gasteiger partial charge is 0.451 e. The van der Waals surface area contributed by atoms with E-state index in [0.717, 1.165) is 36.5 Å². The zero-order chi connectivity index (χ0) is 14.5. The summed E-state index contributed by atoms with van der Waals surface area (Å²) in [5, 5.41) is 4.10. The van der Waals surface area contributed by atoms with Crippen LogP contribution in [0.4, 0.5) is 0 Å². The first kappa shape index (κ1) is 13.8. The number of oxime groups is 1. The average molecular weight is 290 g/mol. The molecule has 1 aliphatic rings. The first-order chi connectivity index (χ1) is 10.3. The molecule has 0 saturated heterocycles. The first-order valence-electron chi connectivity index (χ1n) is 7.01. The standard InChI is InChI=1S/C14H18N4O3/c1-2-11-3-14(21-17-11)6-18(4-12-7-19-9-15-12)5-13-8-20-10-16-13/h7-10,14H,2-6H2,1H3/t14-/m1/s1. The lowest BCUT2D eigenvalue weighted by Gasteiger charge is -2.22. The van der Waals surface area contributed by atoms with Crippen molar-refractivity contribution in [3.05, 3.63) is 36.7 Å². The second kappa shape index (κ2) is 6.53. The van der Waals surface area contributed by atoms with Crippen LogP contribution in [0.25, 0.3) is 0 Å². The third kappa shape index (κ3) is 3.69. The van der Waals surface area contributed by atoms with Crippen molar-refractivity contribution in [3.8, 4) is 0 Å². The second-order valence-electron chi connectivity index (χ2n) is 5.07. The number of nitrogens with zero attached hydrogens (tertiary/aromatic N) is 4. The van der Waals surface area contributed by atoms with E-state index in [2.05, 4.69) is 26.9 Å². The summed E-state index contributed by atoms with van der Waals surface area (Å²) in [6, 6.07) is 0. The zero-order valence-electron chi connectivity index (χ0n) is 11.9. The Hall–Kier alpha value is -2.15. The smallest absolute Gasteiger partial charge is 0.180 e. The summed E-state index contributed by atoms with van der Waals surface area (Å²) < 4.78 is 10.1. The normalized spacial score (nSPS) is 18.0. The molecule has 21 heavy (non-hydrogen) atoms. The van der Waals surface area contributed by atoms with Crippen LogP contribution in [0.5, 0.6) is 0 Å². The topological polar surface area (TPSA) is 76.9 Å². The zero-order valence-corrected chi connectivity index (χ0v) is 11.9. The minimum Gasteiger partial charge on any atom is -0.451 e. The predicted octanol–water partition coefficient (Wildman–Crippen LogP) is 2.22. The fraction of sp³-hybridized carbons (Fsp3) is 0.500. The van der Waals surface area contributed by atoms with Crippen LogP contribution in [0.1, 0.15) is 31.2 Å². The lowest BCUT2D eigenvalue weighted by atomic mass is 10.1. The van der Waals surface area contributed by atoms with Crippen molar-refractivity contribution in [2.24, 2.45) is 5.16 Å². The SMILES string of the molecule is CCC1=NO[C@@H](CN(Cc2cocn2)Cc2cocn2)C1. The Balaban J connectivity index is 1.61. The van der Waals surface area contributed by atoms with Crippen LogP contribution in [-0.4, -0.2) is 33.2 Å². The van der Waals surface area contributed by atoms with Crippen LogP contribution in [0.2, 0.25) is 0 Å². The van der Waals surface area contributed by atoms with Gasteiger partial charge < -0.3 is 13.7 Å². The minimum atomic E-state index is 0.0822. The van der Waals surface area contributed by atoms with E-state index in [1.54, 1.807) is 12.5 Å². The lowest BCUT2D eigenvalue weighted by molar-refractivity contribution is 0.0472. The summed E-state index contributed by atoms with van der Waals surface area (Å²) in [7, 11) is 0. The Labute approximate surface area is 122 Å². The molecule has 0 aliphatic carbocycles. The summed E-state index contributed by atoms with van der Waals surface area (Å²) in [4.78, 5) is 16.0. The van der Waals surface area contributed by atoms with Crippen molar-refractivity contribution in [2.45, 2.75) is 39.0 Å². The van der Waals surface area contributed by atoms with Crippen molar-refractivity contribution >= 4 is 5.71 Å². The molecule has 1 aliphatic heterocycles. The molecule has 2 aromatic heterocycles. The Morgan fingerprint density at radius 2 is 1.81 bits per heavy atom. The molecule has 0 amide bonds. The van der Waals surface area contributed by atoms with Crippen LogP contribution in [0.15, 0.2) is 39.3 Å². The van der Waals surface area contributed by atoms with Crippen molar-refractivity contribution in [1.29, 1.82) is 0 Å². The van der Waals surface area contributed by atoms with Crippen LogP contribution in [0, 0.1) is 0 Å². The van der Waals surface area contributed by atoms with Crippen molar-refractivity contribution < 1.29 is 13.7 Å². The van der Waals surface area contributed by atoms with Crippen molar-refractivity contribution in [3.63, 3.8) is 0 Å². The third-order valence-corrected chi connectivity index (χ3v) is 3.40. The molecule has 0 N–H and O–H groups in total. The molecular weight excluding hydrogens is 272 g/mol. The van der Waals surface area contributed by atoms with E-state index >= 15 is 0 Å². The maximum atomic E-state index is 5.48. The molecule has 0 saturated carbocycles. The van der Waals surface area contributed by atoms with Crippen molar-refractivity contribution in [2.75, 3.05) is 6.54 Å². The summed E-state index contributed by atoms with van der Waals surface area (Å²) in [6.45, 7) is 4.19. The highest BCUT2D eigenvalue weighted by Gasteiger charge is 2.23. The van der Waals surface area contributed by atoms with Crippen LogP contribution in [-0.2, 0) is 17.9 Å². The van der Waals surface area contributed by atoms with E-state index in [-0.39, 0.29) is 6.10 Å². The van der Waals surface area contributed by atoms with Crippen LogP contribution >= 0.6 is 0 Å². The van der Waals surface area contributed by atoms with E-state index < -0.39 is 0 Å². The van der Waals surface area contributed by atoms with E-state index in [9.17, 15) is 0 Å². The predicted molar refractivity (Wildman–Crippen MR) is 74.3 cm³/mol. The molecule has 3 heterocycles. The summed E-state index contributed by atoms with van der Waals surface area (Å²) in [6.07, 6.45) is 8.08. The van der Waals surface area contributed by atoms with Gasteiger partial charge in [-0.2, -0.15) is 0 Å². The number of hydrogen-bond donors (Lipinski definition) is 0. The highest BCUT2D eigenvalue weighted by Crippen LogP contribution is 2.16. The van der Waals surface area contributed by atoms with Gasteiger partial charge in [0.25, 0.3) is 0 Å². The Kier molecular flexibility index (Phi) is 4.30. The van der Waals surface area contributed by atoms with Gasteiger partial charge in [0, 0.05) is 26.1 Å². The molecular formula is C14H18N4O3. The molecule has 7 nitrogen and oxygen atoms in total. The van der Waals surface area contributed by atoms with Gasteiger partial charge in [-0.15, -0.1) is 0 Å². The van der Waals surface area contributed by atoms with Gasteiger partial charge in [-0.25, -0.2) is 9.97 Å². The number of hydrogen-bond acceptors (Lipinski definition) is 7. The molecule has 0 fully saturated rings. The van der Waals surface area contributed by atoms with E-state index in [4.69, 9.17) is 13.7 Å². The molecule has 3 rings (SSSR count). The maximum Gasteiger partial charge on any atom is 0.180 e. The number of oxazole rings is 2. The maximum absolute atomic E-state index is 5.48. The summed E-state index contributed by atoms with van der Waals surface area (Å²) in [5.41, 5.74) is 2.88. The monoisotopic (exact) mass is 290 g/mol. The van der Waals surface area contributed by atoms with Gasteiger partial charge in [0.1, 0.15) is 18.6 Å². The molecule has 7 heteroatoms. The second-order valence-corrected chi connectivity index (χ2v) is 5.07. The van der Waals surface area contributed by atoms with Gasteiger partial charge in [-0.05, 0) is 6.42 Å². The number of aromatic nitrogens is 2. The highest BCUT2D eigenvalue weighted by atomic mass is 16.6. The van der Waals surface area contributed by atoms with E-state index in [1.165, 1.54) is 12.8 Å². The van der Waals surface area contributed by atoms with Gasteiger partial charge in [-0.1, -0.05) is 12.1 Å². The lowest BCUT2D eigenvalue weighted by Crippen LogP contribution is -2.32. The molecule has 112 valence electrons. The molecule has 0 aromatic carbocycles. The Bertz CT molecular complexity index is 529. The van der Waals surface area contributed by atoms with Gasteiger partial charge >= 0.3 is 0 Å². The summed E-state index contributed by atoms with van der Waals surface area (Å²) in [5.74, 6) is 0. The molecule has 0 spiro atoms. The average Bonchev–Trinajstić information content (AvgIpc) is 3.20. The molecule has 2 aromatic rings. The first-order valence-corrected chi connectivity index (χ1v) is 7.01. The van der Waals surface area contributed by atoms with Gasteiger partial charge in [0.05, 0.1) is 17.1 Å². The fourth-order valence-corrected chi connectivity index (χ4v) is 2.36. The Morgan fingerprint density at radius 3 is 2.29 bits per heavy atom. The van der Waals surface area contributed by atoms with Crippen molar-refractivity contribution in [1.82, 2.24) is 14.9 Å². The molecule has 0 radical (unpaired) electrons. The van der Waals surface area contributed by atoms with Gasteiger partial charge in [0.2, 0.25) is 0 Å². The molecule has 1 atom stereocenters. The molecule has 0 bridgehead atoms. The highest BCUT2D eigenvalue weighted by molar-refractivity contribution is 5.85. The van der Waals surface area contributed by atoms with Crippen LogP contribution < -0.4 is 0 Å². The van der Waals surface area contributed by atoms with Crippen LogP contribution in [0.3, 0.4) is 0 Å². The van der Waals surface area contributed by atoms with E-state index in [0.29, 0.717) is 13.1 Å². The van der Waals surface area contributed by atoms with E-state index in [1.807, 2.05) is 0 Å². The minimum absolute atomic E-state index is 0.0822.